The van der Waals surface area contributed by atoms with Crippen molar-refractivity contribution in [3.8, 4) is 0 Å². The Labute approximate surface area is 150 Å². The summed E-state index contributed by atoms with van der Waals surface area (Å²) in [6.07, 6.45) is 5.12. The highest BCUT2D eigenvalue weighted by Crippen LogP contribution is 2.26. The number of rotatable bonds is 5. The fourth-order valence-electron chi connectivity index (χ4n) is 4.14. The minimum Gasteiger partial charge on any atom is -0.338 e. The van der Waals surface area contributed by atoms with Gasteiger partial charge in [-0.25, -0.2) is 8.42 Å². The molecule has 0 bridgehead atoms. The van der Waals surface area contributed by atoms with Crippen LogP contribution in [0.5, 0.6) is 0 Å². The van der Waals surface area contributed by atoms with E-state index in [4.69, 9.17) is 5.73 Å². The van der Waals surface area contributed by atoms with E-state index in [1.807, 2.05) is 6.07 Å². The molecule has 3 rings (SSSR count). The summed E-state index contributed by atoms with van der Waals surface area (Å²) in [6, 6.07) is 5.45. The highest BCUT2D eigenvalue weighted by molar-refractivity contribution is 7.91. The van der Waals surface area contributed by atoms with Crippen LogP contribution in [0.3, 0.4) is 0 Å². The first-order valence-electron chi connectivity index (χ1n) is 9.26. The molecule has 1 heterocycles. The topological polar surface area (TPSA) is 80.5 Å². The molecule has 0 unspecified atom stereocenters. The Morgan fingerprint density at radius 2 is 2.00 bits per heavy atom. The predicted octanol–water partition coefficient (Wildman–Crippen LogP) is 1.92. The lowest BCUT2D eigenvalue weighted by atomic mass is 9.90. The van der Waals surface area contributed by atoms with E-state index in [0.717, 1.165) is 37.7 Å². The molecule has 0 radical (unpaired) electrons. The zero-order chi connectivity index (χ0) is 18.0. The number of benzene rings is 1. The molecule has 0 spiro atoms. The summed E-state index contributed by atoms with van der Waals surface area (Å²) in [7, 11) is -3.43. The van der Waals surface area contributed by atoms with E-state index in [-0.39, 0.29) is 24.1 Å². The first-order chi connectivity index (χ1) is 11.9. The van der Waals surface area contributed by atoms with Gasteiger partial charge in [0, 0.05) is 25.6 Å². The molecule has 2 aliphatic rings. The maximum absolute atomic E-state index is 12.6. The van der Waals surface area contributed by atoms with Crippen LogP contribution in [-0.2, 0) is 27.5 Å². The SMILES string of the molecule is C[C@@H]1CCCN(C(=O)CCS(=O)(=O)c2ccc3c(c2)CCC3)[C@@H]1CN. The van der Waals surface area contributed by atoms with Crippen LogP contribution in [-0.4, -0.2) is 44.1 Å². The van der Waals surface area contributed by atoms with E-state index in [0.29, 0.717) is 23.9 Å². The van der Waals surface area contributed by atoms with Crippen LogP contribution < -0.4 is 5.73 Å². The van der Waals surface area contributed by atoms with Gasteiger partial charge in [0.15, 0.2) is 9.84 Å². The Morgan fingerprint density at radius 1 is 1.24 bits per heavy atom. The number of hydrogen-bond acceptors (Lipinski definition) is 4. The minimum atomic E-state index is -3.43. The van der Waals surface area contributed by atoms with Crippen molar-refractivity contribution in [2.45, 2.75) is 56.4 Å². The maximum atomic E-state index is 12.6. The summed E-state index contributed by atoms with van der Waals surface area (Å²) >= 11 is 0. The quantitative estimate of drug-likeness (QED) is 0.866. The third kappa shape index (κ3) is 3.90. The highest BCUT2D eigenvalue weighted by Gasteiger charge is 2.31. The molecule has 1 fully saturated rings. The number of carbonyl (C=O) groups excluding carboxylic acids is 1. The number of nitrogens with zero attached hydrogens (tertiary/aromatic N) is 1. The first kappa shape index (κ1) is 18.4. The van der Waals surface area contributed by atoms with E-state index in [1.54, 1.807) is 17.0 Å². The van der Waals surface area contributed by atoms with Gasteiger partial charge in [0.2, 0.25) is 5.91 Å². The van der Waals surface area contributed by atoms with E-state index in [9.17, 15) is 13.2 Å². The summed E-state index contributed by atoms with van der Waals surface area (Å²) < 4.78 is 25.3. The van der Waals surface area contributed by atoms with Crippen LogP contribution in [0.15, 0.2) is 23.1 Å². The minimum absolute atomic E-state index is 0.0304. The number of carbonyl (C=O) groups is 1. The third-order valence-electron chi connectivity index (χ3n) is 5.69. The molecule has 1 aliphatic carbocycles. The zero-order valence-corrected chi connectivity index (χ0v) is 15.7. The van der Waals surface area contributed by atoms with Crippen LogP contribution in [0.4, 0.5) is 0 Å². The lowest BCUT2D eigenvalue weighted by molar-refractivity contribution is -0.135. The lowest BCUT2D eigenvalue weighted by Gasteiger charge is -2.39. The fraction of sp³-hybridized carbons (Fsp3) is 0.632. The number of piperidine rings is 1. The monoisotopic (exact) mass is 364 g/mol. The van der Waals surface area contributed by atoms with Gasteiger partial charge in [-0.2, -0.15) is 0 Å². The Kier molecular flexibility index (Phi) is 5.49. The number of amides is 1. The molecule has 1 amide bonds. The van der Waals surface area contributed by atoms with Gasteiger partial charge in [-0.05, 0) is 61.3 Å². The van der Waals surface area contributed by atoms with Crippen molar-refractivity contribution in [1.82, 2.24) is 4.90 Å². The van der Waals surface area contributed by atoms with Crippen molar-refractivity contribution < 1.29 is 13.2 Å². The molecule has 0 aromatic heterocycles. The summed E-state index contributed by atoms with van der Waals surface area (Å²) in [4.78, 5) is 14.7. The van der Waals surface area contributed by atoms with E-state index in [2.05, 4.69) is 6.92 Å². The maximum Gasteiger partial charge on any atom is 0.223 e. The Hall–Kier alpha value is -1.40. The number of fused-ring (bicyclic) bond motifs is 1. The predicted molar refractivity (Wildman–Crippen MR) is 98.1 cm³/mol. The number of aryl methyl sites for hydroxylation is 2. The number of sulfone groups is 1. The number of hydrogen-bond donors (Lipinski definition) is 1. The molecule has 138 valence electrons. The van der Waals surface area contributed by atoms with E-state index >= 15 is 0 Å². The Balaban J connectivity index is 1.66. The second-order valence-electron chi connectivity index (χ2n) is 7.36. The molecule has 1 saturated heterocycles. The van der Waals surface area contributed by atoms with Crippen LogP contribution in [0.2, 0.25) is 0 Å². The van der Waals surface area contributed by atoms with E-state index in [1.165, 1.54) is 5.56 Å². The van der Waals surface area contributed by atoms with Gasteiger partial charge < -0.3 is 10.6 Å². The summed E-state index contributed by atoms with van der Waals surface area (Å²) in [6.45, 7) is 3.23. The normalized spacial score (nSPS) is 23.5. The average Bonchev–Trinajstić information content (AvgIpc) is 3.07. The van der Waals surface area contributed by atoms with Gasteiger partial charge in [-0.1, -0.05) is 13.0 Å². The van der Waals surface area contributed by atoms with Gasteiger partial charge in [0.25, 0.3) is 0 Å². The number of nitrogens with two attached hydrogens (primary N) is 1. The van der Waals surface area contributed by atoms with Crippen molar-refractivity contribution in [2.24, 2.45) is 11.7 Å². The summed E-state index contributed by atoms with van der Waals surface area (Å²) in [5, 5.41) is 0. The van der Waals surface area contributed by atoms with Gasteiger partial charge in [-0.3, -0.25) is 4.79 Å². The molecule has 2 atom stereocenters. The molecule has 2 N–H and O–H groups in total. The lowest BCUT2D eigenvalue weighted by Crippen LogP contribution is -2.51. The van der Waals surface area contributed by atoms with Gasteiger partial charge in [-0.15, -0.1) is 0 Å². The van der Waals surface area contributed by atoms with Crippen molar-refractivity contribution in [3.63, 3.8) is 0 Å². The second-order valence-corrected chi connectivity index (χ2v) is 9.47. The zero-order valence-electron chi connectivity index (χ0n) is 14.9. The van der Waals surface area contributed by atoms with E-state index < -0.39 is 9.84 Å². The molecule has 0 saturated carbocycles. The van der Waals surface area contributed by atoms with Crippen molar-refractivity contribution in [1.29, 1.82) is 0 Å². The molecule has 1 aromatic carbocycles. The highest BCUT2D eigenvalue weighted by atomic mass is 32.2. The molecular formula is C19H28N2O3S. The Bertz CT molecular complexity index is 745. The van der Waals surface area contributed by atoms with Gasteiger partial charge in [0.05, 0.1) is 10.6 Å². The fourth-order valence-corrected chi connectivity index (χ4v) is 5.42. The van der Waals surface area contributed by atoms with Gasteiger partial charge >= 0.3 is 0 Å². The summed E-state index contributed by atoms with van der Waals surface area (Å²) in [5.74, 6) is 0.148. The van der Waals surface area contributed by atoms with Crippen molar-refractivity contribution >= 4 is 15.7 Å². The molecular weight excluding hydrogens is 336 g/mol. The van der Waals surface area contributed by atoms with Crippen LogP contribution in [0, 0.1) is 5.92 Å². The second kappa shape index (κ2) is 7.46. The molecule has 6 heteroatoms. The first-order valence-corrected chi connectivity index (χ1v) is 10.9. The smallest absolute Gasteiger partial charge is 0.223 e. The van der Waals surface area contributed by atoms with Crippen LogP contribution in [0.1, 0.15) is 43.7 Å². The summed E-state index contributed by atoms with van der Waals surface area (Å²) in [5.41, 5.74) is 8.23. The number of likely N-dealkylation sites (tertiary alicyclic amines) is 1. The molecule has 1 aliphatic heterocycles. The molecule has 5 nitrogen and oxygen atoms in total. The molecule has 25 heavy (non-hydrogen) atoms. The standard InChI is InChI=1S/C19H28N2O3S/c1-14-4-3-10-21(18(14)13-20)19(22)9-11-25(23,24)17-8-7-15-5-2-6-16(15)12-17/h7-8,12,14,18H,2-6,9-11,13,20H2,1H3/t14-,18-/m1/s1. The van der Waals surface area contributed by atoms with Crippen molar-refractivity contribution in [3.05, 3.63) is 29.3 Å². The third-order valence-corrected chi connectivity index (χ3v) is 7.40. The average molecular weight is 365 g/mol. The van der Waals surface area contributed by atoms with Gasteiger partial charge in [0.1, 0.15) is 0 Å². The van der Waals surface area contributed by atoms with Crippen LogP contribution >= 0.6 is 0 Å². The Morgan fingerprint density at radius 3 is 2.76 bits per heavy atom. The van der Waals surface area contributed by atoms with Crippen LogP contribution in [0.25, 0.3) is 0 Å². The largest absolute Gasteiger partial charge is 0.338 e. The molecule has 1 aromatic rings. The van der Waals surface area contributed by atoms with Crippen molar-refractivity contribution in [2.75, 3.05) is 18.8 Å².